The van der Waals surface area contributed by atoms with Crippen LogP contribution in [-0.2, 0) is 54.2 Å². The van der Waals surface area contributed by atoms with E-state index in [1.54, 1.807) is 49.6 Å². The maximum absolute atomic E-state index is 11.7. The number of hydrogen-bond acceptors (Lipinski definition) is 20. The number of hydrogen-bond donors (Lipinski definition) is 0. The van der Waals surface area contributed by atoms with Crippen LogP contribution >= 0.6 is 15.9 Å². The lowest BCUT2D eigenvalue weighted by molar-refractivity contribution is -0.272. The standard InChI is InChI=1S/C17H29N3O4.C13H19N3O3.C11H17BrN2O2.C9H12N2O/c1-4-23-17(24-5-2,16-18-12-15(3)13-19-16)14-22-11-8-20-6-9-21-10-7-20;1-11-8-14-13(15-9-11)12(17)10-19-7-4-16-2-5-18-6-3-16;1-4-15-11(8-12,16-5-2)10-13-6-9(3)7-14-10;1-4-12-8(3)9-10-5-7(2)6-11-9/h12-13H,4-11,14H2,1-3H3;8-9H,2-7,10H2,1H3;6-7H,4-5,8H2,1-3H3;5-6H,3-4H2,1-2H3. The van der Waals surface area contributed by atoms with E-state index in [-0.39, 0.29) is 24.8 Å². The van der Waals surface area contributed by atoms with Gasteiger partial charge in [0.05, 0.1) is 51.6 Å². The van der Waals surface area contributed by atoms with Gasteiger partial charge in [0, 0.05) is 115 Å². The van der Waals surface area contributed by atoms with Gasteiger partial charge in [0.1, 0.15) is 13.2 Å². The third kappa shape index (κ3) is 22.5. The van der Waals surface area contributed by atoms with Gasteiger partial charge >= 0.3 is 0 Å². The van der Waals surface area contributed by atoms with Gasteiger partial charge in [-0.15, -0.1) is 0 Å². The quantitative estimate of drug-likeness (QED) is 0.0250. The van der Waals surface area contributed by atoms with E-state index in [2.05, 4.69) is 72.2 Å². The second kappa shape index (κ2) is 34.9. The van der Waals surface area contributed by atoms with E-state index in [4.69, 9.17) is 42.6 Å². The van der Waals surface area contributed by atoms with Crippen LogP contribution in [-0.4, -0.2) is 186 Å². The van der Waals surface area contributed by atoms with Crippen molar-refractivity contribution in [2.24, 2.45) is 0 Å². The third-order valence-electron chi connectivity index (χ3n) is 10.1. The van der Waals surface area contributed by atoms with E-state index in [0.717, 1.165) is 87.9 Å². The second-order valence-electron chi connectivity index (χ2n) is 16.0. The fourth-order valence-corrected chi connectivity index (χ4v) is 7.10. The highest BCUT2D eigenvalue weighted by Gasteiger charge is 2.38. The molecule has 4 aromatic rings. The van der Waals surface area contributed by atoms with Crippen molar-refractivity contribution in [1.29, 1.82) is 0 Å². The summed E-state index contributed by atoms with van der Waals surface area (Å²) in [7, 11) is 0. The molecule has 6 rings (SSSR count). The number of Topliss-reactive ketones (excluding diaryl/α,β-unsaturated/α-hetero) is 1. The van der Waals surface area contributed by atoms with Crippen molar-refractivity contribution in [3.8, 4) is 0 Å². The van der Waals surface area contributed by atoms with Crippen LogP contribution in [0.2, 0.25) is 0 Å². The van der Waals surface area contributed by atoms with Gasteiger partial charge in [0.2, 0.25) is 11.6 Å². The molecule has 0 aromatic carbocycles. The van der Waals surface area contributed by atoms with Crippen molar-refractivity contribution in [3.63, 3.8) is 0 Å². The Hall–Kier alpha value is -4.39. The molecule has 2 aliphatic rings. The summed E-state index contributed by atoms with van der Waals surface area (Å²) in [6.45, 7) is 33.7. The van der Waals surface area contributed by atoms with Gasteiger partial charge in [-0.2, -0.15) is 0 Å². The van der Waals surface area contributed by atoms with Crippen LogP contribution in [0.1, 0.15) is 85.0 Å². The summed E-state index contributed by atoms with van der Waals surface area (Å²) in [6, 6.07) is 0. The molecule has 0 unspecified atom stereocenters. The summed E-state index contributed by atoms with van der Waals surface area (Å²) in [4.78, 5) is 49.7. The lowest BCUT2D eigenvalue weighted by atomic mass is 10.2. The first-order valence-corrected chi connectivity index (χ1v) is 25.4. The fourth-order valence-electron chi connectivity index (χ4n) is 6.52. The molecule has 0 saturated carbocycles. The molecule has 0 N–H and O–H groups in total. The normalized spacial score (nSPS) is 14.2. The Bertz CT molecular complexity index is 2020. The van der Waals surface area contributed by atoms with Crippen LogP contribution in [0.25, 0.3) is 5.76 Å². The number of morpholine rings is 2. The molecule has 0 amide bonds. The van der Waals surface area contributed by atoms with Crippen molar-refractivity contribution in [2.45, 2.75) is 73.9 Å². The van der Waals surface area contributed by atoms with Crippen molar-refractivity contribution in [2.75, 3.05) is 130 Å². The highest BCUT2D eigenvalue weighted by atomic mass is 79.9. The predicted octanol–water partition coefficient (Wildman–Crippen LogP) is 5.87. The number of ketones is 1. The molecule has 2 aliphatic heterocycles. The zero-order valence-corrected chi connectivity index (χ0v) is 45.0. The highest BCUT2D eigenvalue weighted by molar-refractivity contribution is 9.09. The number of nitrogens with zero attached hydrogens (tertiary/aromatic N) is 10. The Morgan fingerprint density at radius 1 is 0.563 bits per heavy atom. The number of carbonyl (C=O) groups is 1. The zero-order valence-electron chi connectivity index (χ0n) is 43.4. The third-order valence-corrected chi connectivity index (χ3v) is 10.9. The second-order valence-corrected chi connectivity index (χ2v) is 16.6. The van der Waals surface area contributed by atoms with Crippen LogP contribution in [0.3, 0.4) is 0 Å². The predicted molar refractivity (Wildman–Crippen MR) is 272 cm³/mol. The molecular weight excluding hydrogens is 981 g/mol. The largest absolute Gasteiger partial charge is 0.491 e. The van der Waals surface area contributed by atoms with E-state index < -0.39 is 11.6 Å². The van der Waals surface area contributed by atoms with E-state index in [0.29, 0.717) is 74.8 Å². The van der Waals surface area contributed by atoms with E-state index in [1.165, 1.54) is 0 Å². The Balaban J connectivity index is 0.000000257. The van der Waals surface area contributed by atoms with Crippen molar-refractivity contribution < 1.29 is 47.4 Å². The summed E-state index contributed by atoms with van der Waals surface area (Å²) in [5.74, 6) is 0.250. The molecule has 2 saturated heterocycles. The van der Waals surface area contributed by atoms with Gasteiger partial charge in [-0.05, 0) is 84.6 Å². The average Bonchev–Trinajstić information content (AvgIpc) is 3.38. The SMILES string of the molecule is C=C(OCC)c1ncc(C)cn1.CCOC(CBr)(OCC)c1ncc(C)cn1.CCOC(COCCN1CCOCC1)(OCC)c1ncc(C)cn1.Cc1cnc(C(=O)COCCN2CCOCC2)nc1. The molecule has 4 aromatic heterocycles. The summed E-state index contributed by atoms with van der Waals surface area (Å²) in [5.41, 5.74) is 3.97. The number of halogens is 1. The monoisotopic (exact) mass is 1060 g/mol. The van der Waals surface area contributed by atoms with Crippen LogP contribution in [0.15, 0.2) is 56.2 Å². The molecule has 0 atom stereocenters. The Morgan fingerprint density at radius 2 is 0.930 bits per heavy atom. The van der Waals surface area contributed by atoms with Crippen molar-refractivity contribution in [3.05, 3.63) is 102 Å². The average molecular weight is 1060 g/mol. The smallest absolute Gasteiger partial charge is 0.254 e. The van der Waals surface area contributed by atoms with Gasteiger partial charge in [-0.3, -0.25) is 14.6 Å². The molecule has 0 bridgehead atoms. The van der Waals surface area contributed by atoms with Gasteiger partial charge in [0.15, 0.2) is 29.1 Å². The zero-order chi connectivity index (χ0) is 51.7. The fraction of sp³-hybridized carbons (Fsp3) is 0.620. The summed E-state index contributed by atoms with van der Waals surface area (Å²) >= 11 is 3.40. The van der Waals surface area contributed by atoms with Gasteiger partial charge < -0.3 is 42.6 Å². The molecular formula is C50H77BrN10O10. The molecule has 20 nitrogen and oxygen atoms in total. The van der Waals surface area contributed by atoms with Crippen LogP contribution in [0, 0.1) is 27.7 Å². The summed E-state index contributed by atoms with van der Waals surface area (Å²) in [6.07, 6.45) is 13.8. The topological polar surface area (TPSA) is 210 Å². The highest BCUT2D eigenvalue weighted by Crippen LogP contribution is 2.27. The van der Waals surface area contributed by atoms with Crippen molar-refractivity contribution in [1.82, 2.24) is 49.7 Å². The Morgan fingerprint density at radius 3 is 1.32 bits per heavy atom. The number of rotatable bonds is 25. The number of ether oxygens (including phenoxy) is 9. The van der Waals surface area contributed by atoms with Gasteiger partial charge in [-0.1, -0.05) is 22.5 Å². The first-order valence-electron chi connectivity index (χ1n) is 24.3. The van der Waals surface area contributed by atoms with Crippen LogP contribution in [0.5, 0.6) is 0 Å². The van der Waals surface area contributed by atoms with Gasteiger partial charge in [0.25, 0.3) is 5.79 Å². The number of aromatic nitrogens is 8. The molecule has 2 fully saturated rings. The lowest BCUT2D eigenvalue weighted by Gasteiger charge is -2.32. The number of aryl methyl sites for hydroxylation is 4. The molecule has 71 heavy (non-hydrogen) atoms. The van der Waals surface area contributed by atoms with E-state index in [1.807, 2.05) is 62.3 Å². The molecule has 0 aliphatic carbocycles. The van der Waals surface area contributed by atoms with Crippen LogP contribution < -0.4 is 0 Å². The molecule has 0 spiro atoms. The molecule has 6 heterocycles. The minimum Gasteiger partial charge on any atom is -0.491 e. The van der Waals surface area contributed by atoms with Gasteiger partial charge in [-0.25, -0.2) is 39.9 Å². The maximum Gasteiger partial charge on any atom is 0.254 e. The number of alkyl halides is 1. The van der Waals surface area contributed by atoms with Crippen molar-refractivity contribution >= 4 is 27.5 Å². The van der Waals surface area contributed by atoms with E-state index in [9.17, 15) is 4.79 Å². The lowest BCUT2D eigenvalue weighted by Crippen LogP contribution is -2.42. The molecule has 394 valence electrons. The first kappa shape index (κ1) is 60.9. The summed E-state index contributed by atoms with van der Waals surface area (Å²) in [5, 5.41) is 0.505. The summed E-state index contributed by atoms with van der Waals surface area (Å²) < 4.78 is 50.1. The Kier molecular flexibility index (Phi) is 29.9. The first-order chi connectivity index (χ1) is 34.4. The van der Waals surface area contributed by atoms with Crippen LogP contribution in [0.4, 0.5) is 0 Å². The molecule has 21 heteroatoms. The minimum absolute atomic E-state index is 0.0351. The number of carbonyl (C=O) groups excluding carboxylic acids is 1. The maximum atomic E-state index is 11.7. The minimum atomic E-state index is -1.05. The Labute approximate surface area is 429 Å². The van der Waals surface area contributed by atoms with E-state index >= 15 is 0 Å². The molecule has 0 radical (unpaired) electrons.